The summed E-state index contributed by atoms with van der Waals surface area (Å²) in [5.41, 5.74) is -1.33. The number of aliphatic hydroxyl groups excluding tert-OH is 1. The molecule has 6 heteroatoms. The monoisotopic (exact) mass is 284 g/mol. The molecule has 1 aromatic rings. The van der Waals surface area contributed by atoms with E-state index in [1.165, 1.54) is 12.3 Å². The molecule has 0 atom stereocenters. The molecule has 0 bridgehead atoms. The lowest BCUT2D eigenvalue weighted by molar-refractivity contribution is 0.0835. The highest BCUT2D eigenvalue weighted by molar-refractivity contribution is 6.06. The summed E-state index contributed by atoms with van der Waals surface area (Å²) < 4.78 is 26.9. The molecule has 0 saturated heterocycles. The zero-order valence-corrected chi connectivity index (χ0v) is 11.4. The van der Waals surface area contributed by atoms with E-state index in [0.717, 1.165) is 12.1 Å². The fraction of sp³-hybridized carbons (Fsp3) is 0.357. The fourth-order valence-electron chi connectivity index (χ4n) is 1.46. The Bertz CT molecular complexity index is 499. The van der Waals surface area contributed by atoms with Gasteiger partial charge in [0.2, 0.25) is 0 Å². The summed E-state index contributed by atoms with van der Waals surface area (Å²) in [6, 6.07) is 1.99. The van der Waals surface area contributed by atoms with Crippen molar-refractivity contribution in [1.82, 2.24) is 5.32 Å². The van der Waals surface area contributed by atoms with Crippen LogP contribution in [0, 0.1) is 17.0 Å². The molecule has 0 aliphatic heterocycles. The maximum atomic E-state index is 13.4. The molecule has 0 unspecified atom stereocenters. The number of nitrogens with one attached hydrogen (secondary N) is 2. The Morgan fingerprint density at radius 2 is 1.90 bits per heavy atom. The number of hydrogen-bond acceptors (Lipinski definition) is 4. The second kappa shape index (κ2) is 6.58. The van der Waals surface area contributed by atoms with E-state index in [1.807, 2.05) is 0 Å². The molecule has 0 saturated carbocycles. The number of hydrogen-bond donors (Lipinski definition) is 4. The van der Waals surface area contributed by atoms with Crippen LogP contribution in [0.25, 0.3) is 0 Å². The molecule has 0 fully saturated rings. The lowest BCUT2D eigenvalue weighted by atomic mass is 10.1. The van der Waals surface area contributed by atoms with E-state index >= 15 is 0 Å². The minimum atomic E-state index is -0.895. The Balaban J connectivity index is 2.76. The van der Waals surface area contributed by atoms with Crippen LogP contribution >= 0.6 is 0 Å². The number of halogens is 2. The van der Waals surface area contributed by atoms with Crippen LogP contribution in [0.2, 0.25) is 0 Å². The number of aliphatic hydroxyl groups is 2. The largest absolute Gasteiger partial charge is 0.391 e. The van der Waals surface area contributed by atoms with Gasteiger partial charge in [0.15, 0.2) is 0 Å². The van der Waals surface area contributed by atoms with Gasteiger partial charge in [-0.3, -0.25) is 0 Å². The molecule has 20 heavy (non-hydrogen) atoms. The molecule has 0 heterocycles. The summed E-state index contributed by atoms with van der Waals surface area (Å²) in [4.78, 5) is 0. The molecular formula is C14H18F2N2O2. The average molecular weight is 284 g/mol. The third-order valence-electron chi connectivity index (χ3n) is 2.51. The van der Waals surface area contributed by atoms with Crippen molar-refractivity contribution in [2.24, 2.45) is 0 Å². The first-order valence-corrected chi connectivity index (χ1v) is 6.04. The van der Waals surface area contributed by atoms with Gasteiger partial charge >= 0.3 is 0 Å². The zero-order chi connectivity index (χ0) is 15.3. The molecule has 0 spiro atoms. The minimum Gasteiger partial charge on any atom is -0.391 e. The molecule has 0 aromatic heterocycles. The maximum absolute atomic E-state index is 13.4. The first-order valence-electron chi connectivity index (χ1n) is 6.04. The highest BCUT2D eigenvalue weighted by Gasteiger charge is 2.12. The molecule has 0 radical (unpaired) electrons. The maximum Gasteiger partial charge on any atom is 0.132 e. The average Bonchev–Trinajstić information content (AvgIpc) is 2.32. The first kappa shape index (κ1) is 16.3. The summed E-state index contributed by atoms with van der Waals surface area (Å²) in [5.74, 6) is -1.77. The van der Waals surface area contributed by atoms with Crippen LogP contribution in [0.1, 0.15) is 25.0 Å². The van der Waals surface area contributed by atoms with Gasteiger partial charge in [-0.1, -0.05) is 0 Å². The van der Waals surface area contributed by atoms with E-state index in [4.69, 9.17) is 10.5 Å². The van der Waals surface area contributed by atoms with Crippen LogP contribution in [0.4, 0.5) is 8.78 Å². The van der Waals surface area contributed by atoms with E-state index in [9.17, 15) is 13.9 Å². The highest BCUT2D eigenvalue weighted by atomic mass is 19.1. The summed E-state index contributed by atoms with van der Waals surface area (Å²) in [6.07, 6.45) is 2.76. The molecule has 0 aliphatic carbocycles. The second-order valence-corrected chi connectivity index (χ2v) is 5.02. The molecule has 110 valence electrons. The lowest BCUT2D eigenvalue weighted by Gasteiger charge is -2.16. The predicted molar refractivity (Wildman–Crippen MR) is 72.6 cm³/mol. The third kappa shape index (κ3) is 4.71. The number of rotatable bonds is 6. The number of benzene rings is 1. The quantitative estimate of drug-likeness (QED) is 0.601. The van der Waals surface area contributed by atoms with E-state index in [0.29, 0.717) is 0 Å². The Morgan fingerprint density at radius 3 is 2.35 bits per heavy atom. The molecule has 1 aromatic carbocycles. The van der Waals surface area contributed by atoms with Gasteiger partial charge in [0, 0.05) is 17.7 Å². The van der Waals surface area contributed by atoms with Gasteiger partial charge in [0.25, 0.3) is 0 Å². The number of allylic oxidation sites excluding steroid dienone is 1. The van der Waals surface area contributed by atoms with Crippen molar-refractivity contribution in [3.8, 4) is 0 Å². The summed E-state index contributed by atoms with van der Waals surface area (Å²) in [6.45, 7) is 2.80. The van der Waals surface area contributed by atoms with Crippen LogP contribution in [-0.2, 0) is 6.61 Å². The van der Waals surface area contributed by atoms with Crippen LogP contribution in [0.5, 0.6) is 0 Å². The molecule has 0 amide bonds. The summed E-state index contributed by atoms with van der Waals surface area (Å²) in [7, 11) is 0. The summed E-state index contributed by atoms with van der Waals surface area (Å²) >= 11 is 0. The molecule has 0 aliphatic rings. The fourth-order valence-corrected chi connectivity index (χ4v) is 1.46. The standard InChI is InChI=1S/C14H18F2N2O2/c1-14(2,20)8-18-4-3-13(17)9-5-11(15)10(7-19)12(16)6-9/h3-6,17-20H,7-8H2,1-2H3/b4-3-,17-13?. The molecule has 1 rings (SSSR count). The Morgan fingerprint density at radius 1 is 1.35 bits per heavy atom. The predicted octanol–water partition coefficient (Wildman–Crippen LogP) is 1.70. The van der Waals surface area contributed by atoms with Crippen molar-refractivity contribution in [3.63, 3.8) is 0 Å². The lowest BCUT2D eigenvalue weighted by Crippen LogP contribution is -2.32. The molecule has 4 N–H and O–H groups in total. The smallest absolute Gasteiger partial charge is 0.132 e. The van der Waals surface area contributed by atoms with E-state index in [2.05, 4.69) is 5.32 Å². The van der Waals surface area contributed by atoms with Crippen molar-refractivity contribution in [2.45, 2.75) is 26.1 Å². The SMILES string of the molecule is CC(C)(O)CN/C=C\C(=N)c1cc(F)c(CO)c(F)c1. The van der Waals surface area contributed by atoms with E-state index < -0.39 is 29.4 Å². The zero-order valence-electron chi connectivity index (χ0n) is 11.4. The Labute approximate surface area is 116 Å². The van der Waals surface area contributed by atoms with E-state index in [-0.39, 0.29) is 17.8 Å². The Hall–Kier alpha value is -1.79. The Kier molecular flexibility index (Phi) is 5.35. The van der Waals surface area contributed by atoms with Crippen molar-refractivity contribution in [2.75, 3.05) is 6.54 Å². The normalized spacial score (nSPS) is 11.9. The minimum absolute atomic E-state index is 0.0681. The second-order valence-electron chi connectivity index (χ2n) is 5.02. The first-order chi connectivity index (χ1) is 9.24. The molecular weight excluding hydrogens is 266 g/mol. The van der Waals surface area contributed by atoms with Gasteiger partial charge in [0.05, 0.1) is 17.9 Å². The van der Waals surface area contributed by atoms with Crippen LogP contribution in [0.15, 0.2) is 24.4 Å². The van der Waals surface area contributed by atoms with Gasteiger partial charge in [-0.25, -0.2) is 8.78 Å². The van der Waals surface area contributed by atoms with Crippen LogP contribution < -0.4 is 5.32 Å². The van der Waals surface area contributed by atoms with Gasteiger partial charge in [0.1, 0.15) is 11.6 Å². The van der Waals surface area contributed by atoms with Gasteiger partial charge < -0.3 is 20.9 Å². The van der Waals surface area contributed by atoms with Gasteiger partial charge in [-0.2, -0.15) is 0 Å². The van der Waals surface area contributed by atoms with Crippen LogP contribution in [-0.4, -0.2) is 28.1 Å². The van der Waals surface area contributed by atoms with E-state index in [1.54, 1.807) is 13.8 Å². The van der Waals surface area contributed by atoms with Crippen molar-refractivity contribution < 1.29 is 19.0 Å². The van der Waals surface area contributed by atoms with Crippen molar-refractivity contribution in [1.29, 1.82) is 5.41 Å². The van der Waals surface area contributed by atoms with Gasteiger partial charge in [-0.05, 0) is 38.3 Å². The van der Waals surface area contributed by atoms with Crippen LogP contribution in [0.3, 0.4) is 0 Å². The van der Waals surface area contributed by atoms with Crippen molar-refractivity contribution in [3.05, 3.63) is 47.2 Å². The highest BCUT2D eigenvalue weighted by Crippen LogP contribution is 2.16. The third-order valence-corrected chi connectivity index (χ3v) is 2.51. The topological polar surface area (TPSA) is 76.3 Å². The summed E-state index contributed by atoms with van der Waals surface area (Å²) in [5, 5.41) is 28.7. The van der Waals surface area contributed by atoms with Gasteiger partial charge in [-0.15, -0.1) is 0 Å². The molecule has 4 nitrogen and oxygen atoms in total. The van der Waals surface area contributed by atoms with Crippen molar-refractivity contribution >= 4 is 5.71 Å².